The van der Waals surface area contributed by atoms with E-state index in [1.165, 1.54) is 43.5 Å². The molecule has 2 aromatic rings. The summed E-state index contributed by atoms with van der Waals surface area (Å²) in [4.78, 5) is 12.7. The zero-order chi connectivity index (χ0) is 19.8. The molecule has 1 aliphatic rings. The van der Waals surface area contributed by atoms with Crippen molar-refractivity contribution in [2.45, 2.75) is 18.3 Å². The zero-order valence-corrected chi connectivity index (χ0v) is 14.8. The van der Waals surface area contributed by atoms with Gasteiger partial charge in [0.1, 0.15) is 5.75 Å². The molecule has 5 nitrogen and oxygen atoms in total. The monoisotopic (exact) mass is 398 g/mol. The van der Waals surface area contributed by atoms with Crippen LogP contribution in [0, 0.1) is 0 Å². The fourth-order valence-corrected chi connectivity index (χ4v) is 2.91. The average molecular weight is 399 g/mol. The number of hydrazone groups is 1. The molecule has 1 N–H and O–H groups in total. The molecule has 0 fully saturated rings. The number of amides is 1. The van der Waals surface area contributed by atoms with E-state index in [4.69, 9.17) is 16.3 Å². The van der Waals surface area contributed by atoms with Crippen molar-refractivity contribution in [1.82, 2.24) is 5.01 Å². The third kappa shape index (κ3) is 3.38. The minimum absolute atomic E-state index is 0.0444. The Hall–Kier alpha value is -2.58. The van der Waals surface area contributed by atoms with E-state index in [9.17, 15) is 23.1 Å². The molecule has 1 atom stereocenters. The topological polar surface area (TPSA) is 62.1 Å². The quantitative estimate of drug-likeness (QED) is 0.854. The highest BCUT2D eigenvalue weighted by Crippen LogP contribution is 2.42. The van der Waals surface area contributed by atoms with Crippen LogP contribution in [0.2, 0.25) is 5.02 Å². The highest BCUT2D eigenvalue weighted by Gasteiger charge is 2.63. The maximum Gasteiger partial charge on any atom is 0.438 e. The molecule has 1 aliphatic heterocycles. The van der Waals surface area contributed by atoms with E-state index in [2.05, 4.69) is 5.10 Å². The van der Waals surface area contributed by atoms with Crippen LogP contribution in [0.5, 0.6) is 5.75 Å². The molecular formula is C18H14ClF3N2O3. The summed E-state index contributed by atoms with van der Waals surface area (Å²) in [6.45, 7) is 0. The van der Waals surface area contributed by atoms with Crippen LogP contribution in [0.25, 0.3) is 0 Å². The molecule has 1 amide bonds. The number of carbonyl (C=O) groups excluding carboxylic acids is 1. The van der Waals surface area contributed by atoms with E-state index in [1.54, 1.807) is 12.1 Å². The highest BCUT2D eigenvalue weighted by atomic mass is 35.5. The molecule has 1 heterocycles. The van der Waals surface area contributed by atoms with E-state index in [-0.39, 0.29) is 21.3 Å². The first kappa shape index (κ1) is 19.2. The maximum absolute atomic E-state index is 13.6. The van der Waals surface area contributed by atoms with Gasteiger partial charge in [0.15, 0.2) is 0 Å². The van der Waals surface area contributed by atoms with E-state index < -0.39 is 24.2 Å². The number of alkyl halides is 3. The number of hydrogen-bond acceptors (Lipinski definition) is 4. The van der Waals surface area contributed by atoms with Gasteiger partial charge in [-0.2, -0.15) is 23.3 Å². The van der Waals surface area contributed by atoms with Crippen molar-refractivity contribution < 1.29 is 27.8 Å². The first-order valence-electron chi connectivity index (χ1n) is 7.77. The van der Waals surface area contributed by atoms with Gasteiger partial charge in [0.05, 0.1) is 29.8 Å². The van der Waals surface area contributed by atoms with E-state index in [0.29, 0.717) is 11.3 Å². The SMILES string of the molecule is COc1cccc(C2=NN(C(=O)c3ccccc3Cl)[C@](O)(C(F)(F)F)C2)c1. The van der Waals surface area contributed by atoms with Crippen LogP contribution in [0.3, 0.4) is 0 Å². The van der Waals surface area contributed by atoms with Gasteiger partial charge in [-0.25, -0.2) is 0 Å². The normalized spacial score (nSPS) is 19.8. The van der Waals surface area contributed by atoms with Gasteiger partial charge in [-0.1, -0.05) is 35.9 Å². The molecule has 0 unspecified atom stereocenters. The van der Waals surface area contributed by atoms with Crippen molar-refractivity contribution in [3.63, 3.8) is 0 Å². The smallest absolute Gasteiger partial charge is 0.438 e. The average Bonchev–Trinajstić information content (AvgIpc) is 3.00. The van der Waals surface area contributed by atoms with Gasteiger partial charge in [-0.05, 0) is 24.3 Å². The number of nitrogens with zero attached hydrogens (tertiary/aromatic N) is 2. The Labute approximate surface area is 157 Å². The van der Waals surface area contributed by atoms with Crippen molar-refractivity contribution in [3.05, 3.63) is 64.7 Å². The Bertz CT molecular complexity index is 917. The van der Waals surface area contributed by atoms with Crippen molar-refractivity contribution in [2.75, 3.05) is 7.11 Å². The first-order chi connectivity index (χ1) is 12.7. The lowest BCUT2D eigenvalue weighted by atomic mass is 10.0. The minimum atomic E-state index is -5.13. The summed E-state index contributed by atoms with van der Waals surface area (Å²) in [5, 5.41) is 14.1. The van der Waals surface area contributed by atoms with Gasteiger partial charge in [0.25, 0.3) is 11.6 Å². The van der Waals surface area contributed by atoms with Crippen LogP contribution in [0.15, 0.2) is 53.6 Å². The zero-order valence-electron chi connectivity index (χ0n) is 14.0. The highest BCUT2D eigenvalue weighted by molar-refractivity contribution is 6.33. The van der Waals surface area contributed by atoms with E-state index >= 15 is 0 Å². The third-order valence-corrected chi connectivity index (χ3v) is 4.47. The minimum Gasteiger partial charge on any atom is -0.497 e. The fraction of sp³-hybridized carbons (Fsp3) is 0.222. The predicted octanol–water partition coefficient (Wildman–Crippen LogP) is 3.85. The number of aliphatic hydroxyl groups is 1. The van der Waals surface area contributed by atoms with Gasteiger partial charge in [-0.3, -0.25) is 4.79 Å². The summed E-state index contributed by atoms with van der Waals surface area (Å²) in [6, 6.07) is 11.8. The number of ether oxygens (including phenoxy) is 1. The Balaban J connectivity index is 2.08. The van der Waals surface area contributed by atoms with Crippen molar-refractivity contribution in [1.29, 1.82) is 0 Å². The summed E-state index contributed by atoms with van der Waals surface area (Å²) in [5.41, 5.74) is -3.49. The summed E-state index contributed by atoms with van der Waals surface area (Å²) >= 11 is 5.92. The van der Waals surface area contributed by atoms with Crippen LogP contribution in [-0.2, 0) is 0 Å². The molecule has 142 valence electrons. The Morgan fingerprint density at radius 1 is 1.26 bits per heavy atom. The molecule has 0 radical (unpaired) electrons. The van der Waals surface area contributed by atoms with Crippen molar-refractivity contribution in [2.24, 2.45) is 5.10 Å². The molecule has 27 heavy (non-hydrogen) atoms. The van der Waals surface area contributed by atoms with E-state index in [1.807, 2.05) is 0 Å². The molecule has 0 saturated heterocycles. The van der Waals surface area contributed by atoms with Crippen molar-refractivity contribution in [3.8, 4) is 5.75 Å². The number of rotatable bonds is 3. The Morgan fingerprint density at radius 3 is 2.59 bits per heavy atom. The van der Waals surface area contributed by atoms with Gasteiger partial charge >= 0.3 is 6.18 Å². The molecule has 2 aromatic carbocycles. The second-order valence-electron chi connectivity index (χ2n) is 5.87. The van der Waals surface area contributed by atoms with Crippen LogP contribution >= 0.6 is 11.6 Å². The van der Waals surface area contributed by atoms with Gasteiger partial charge in [-0.15, -0.1) is 0 Å². The number of carbonyl (C=O) groups is 1. The molecule has 0 aromatic heterocycles. The lowest BCUT2D eigenvalue weighted by Gasteiger charge is -2.32. The number of methoxy groups -OCH3 is 1. The third-order valence-electron chi connectivity index (χ3n) is 4.14. The van der Waals surface area contributed by atoms with Crippen LogP contribution in [0.4, 0.5) is 13.2 Å². The molecule has 0 spiro atoms. The maximum atomic E-state index is 13.6. The second-order valence-corrected chi connectivity index (χ2v) is 6.27. The molecule has 9 heteroatoms. The van der Waals surface area contributed by atoms with Crippen molar-refractivity contribution >= 4 is 23.2 Å². The molecule has 0 saturated carbocycles. The van der Waals surface area contributed by atoms with Crippen LogP contribution < -0.4 is 4.74 Å². The first-order valence-corrected chi connectivity index (χ1v) is 8.15. The lowest BCUT2D eigenvalue weighted by Crippen LogP contribution is -2.56. The van der Waals surface area contributed by atoms with E-state index in [0.717, 1.165) is 0 Å². The standard InChI is InChI=1S/C18H14ClF3N2O3/c1-27-12-6-4-5-11(9-12)15-10-17(26,18(20,21)22)24(23-15)16(25)13-7-2-3-8-14(13)19/h2-9,26H,10H2,1H3/t17-/m1/s1. The summed E-state index contributed by atoms with van der Waals surface area (Å²) in [5.74, 6) is -0.750. The molecule has 3 rings (SSSR count). The fourth-order valence-electron chi connectivity index (χ4n) is 2.69. The molecule has 0 bridgehead atoms. The molecule has 0 aliphatic carbocycles. The Morgan fingerprint density at radius 2 is 1.96 bits per heavy atom. The summed E-state index contributed by atoms with van der Waals surface area (Å²) < 4.78 is 45.9. The second kappa shape index (κ2) is 6.86. The van der Waals surface area contributed by atoms with Gasteiger partial charge in [0.2, 0.25) is 0 Å². The van der Waals surface area contributed by atoms with Crippen LogP contribution in [0.1, 0.15) is 22.3 Å². The number of hydrogen-bond donors (Lipinski definition) is 1. The van der Waals surface area contributed by atoms with Gasteiger partial charge < -0.3 is 9.84 Å². The van der Waals surface area contributed by atoms with Gasteiger partial charge in [0, 0.05) is 5.56 Å². The predicted molar refractivity (Wildman–Crippen MR) is 92.8 cm³/mol. The number of halogens is 4. The van der Waals surface area contributed by atoms with Crippen LogP contribution in [-0.4, -0.2) is 40.7 Å². The lowest BCUT2D eigenvalue weighted by molar-refractivity contribution is -0.297. The Kier molecular flexibility index (Phi) is 4.88. The summed E-state index contributed by atoms with van der Waals surface area (Å²) in [7, 11) is 1.41. The molecular weight excluding hydrogens is 385 g/mol. The summed E-state index contributed by atoms with van der Waals surface area (Å²) in [6.07, 6.45) is -6.05. The largest absolute Gasteiger partial charge is 0.497 e. The number of benzene rings is 2.